The number of aliphatic hydroxyl groups is 1. The lowest BCUT2D eigenvalue weighted by atomic mass is 10.1. The van der Waals surface area contributed by atoms with Crippen LogP contribution in [0.4, 0.5) is 0 Å². The average molecular weight is 413 g/mol. The number of aryl methyl sites for hydroxylation is 1. The first-order valence-electron chi connectivity index (χ1n) is 9.96. The van der Waals surface area contributed by atoms with Gasteiger partial charge in [0.1, 0.15) is 0 Å². The second kappa shape index (κ2) is 10.0. The monoisotopic (exact) mass is 412 g/mol. The summed E-state index contributed by atoms with van der Waals surface area (Å²) >= 11 is 0. The molecule has 2 unspecified atom stereocenters. The van der Waals surface area contributed by atoms with Gasteiger partial charge in [0.15, 0.2) is 0 Å². The molecule has 1 aliphatic heterocycles. The smallest absolute Gasteiger partial charge is 0.0968 e. The normalized spacial score (nSPS) is 18.6. The van der Waals surface area contributed by atoms with E-state index in [4.69, 9.17) is 5.10 Å². The third-order valence-electron chi connectivity index (χ3n) is 5.38. The van der Waals surface area contributed by atoms with Gasteiger partial charge in [-0.05, 0) is 12.5 Å². The van der Waals surface area contributed by atoms with E-state index in [-0.39, 0.29) is 24.4 Å². The highest BCUT2D eigenvalue weighted by Crippen LogP contribution is 2.23. The summed E-state index contributed by atoms with van der Waals surface area (Å²) in [6, 6.07) is 18.9. The van der Waals surface area contributed by atoms with E-state index in [1.165, 1.54) is 16.7 Å². The first-order chi connectivity index (χ1) is 13.7. The summed E-state index contributed by atoms with van der Waals surface area (Å²) in [4.78, 5) is 0. The lowest BCUT2D eigenvalue weighted by molar-refractivity contribution is 0.146. The minimum atomic E-state index is -0.259. The fraction of sp³-hybridized carbons (Fsp3) is 0.348. The van der Waals surface area contributed by atoms with Crippen molar-refractivity contribution >= 4 is 12.4 Å². The van der Waals surface area contributed by atoms with Crippen molar-refractivity contribution in [2.75, 3.05) is 19.6 Å². The molecule has 5 nitrogen and oxygen atoms in total. The van der Waals surface area contributed by atoms with Gasteiger partial charge in [-0.1, -0.05) is 60.2 Å². The van der Waals surface area contributed by atoms with E-state index >= 15 is 0 Å². The summed E-state index contributed by atoms with van der Waals surface area (Å²) in [5, 5.41) is 21.6. The van der Waals surface area contributed by atoms with Crippen molar-refractivity contribution in [3.8, 4) is 11.3 Å². The van der Waals surface area contributed by atoms with Gasteiger partial charge in [0.25, 0.3) is 0 Å². The molecule has 1 saturated heterocycles. The fourth-order valence-corrected chi connectivity index (χ4v) is 3.72. The van der Waals surface area contributed by atoms with Crippen molar-refractivity contribution in [3.63, 3.8) is 0 Å². The van der Waals surface area contributed by atoms with Gasteiger partial charge in [0.05, 0.1) is 18.3 Å². The Balaban J connectivity index is 0.00000240. The average Bonchev–Trinajstić information content (AvgIpc) is 3.29. The molecular formula is C23H29ClN4O. The molecule has 3 N–H and O–H groups in total. The summed E-state index contributed by atoms with van der Waals surface area (Å²) in [5.74, 6) is 0.266. The molecule has 2 heterocycles. The molecule has 2 aromatic carbocycles. The molecule has 3 aromatic rings. The van der Waals surface area contributed by atoms with Crippen LogP contribution >= 0.6 is 12.4 Å². The van der Waals surface area contributed by atoms with Crippen LogP contribution < -0.4 is 10.6 Å². The number of β-amino-alcohol motifs (C(OH)–C–C–N with tert-alkyl or cyclic N) is 1. The molecule has 1 aliphatic rings. The predicted octanol–water partition coefficient (Wildman–Crippen LogP) is 3.00. The summed E-state index contributed by atoms with van der Waals surface area (Å²) in [6.45, 7) is 5.95. The summed E-state index contributed by atoms with van der Waals surface area (Å²) in [6.07, 6.45) is 1.88. The molecule has 4 rings (SSSR count). The van der Waals surface area contributed by atoms with Gasteiger partial charge in [0.2, 0.25) is 0 Å². The van der Waals surface area contributed by atoms with Crippen molar-refractivity contribution < 1.29 is 5.11 Å². The van der Waals surface area contributed by atoms with Crippen LogP contribution in [0, 0.1) is 12.8 Å². The van der Waals surface area contributed by atoms with Crippen molar-refractivity contribution in [1.29, 1.82) is 0 Å². The number of nitrogens with one attached hydrogen (secondary N) is 2. The lowest BCUT2D eigenvalue weighted by Crippen LogP contribution is -2.30. The Kier molecular flexibility index (Phi) is 7.45. The third-order valence-corrected chi connectivity index (χ3v) is 5.38. The number of rotatable bonds is 7. The highest BCUT2D eigenvalue weighted by atomic mass is 35.5. The van der Waals surface area contributed by atoms with Crippen LogP contribution in [0.25, 0.3) is 11.3 Å². The van der Waals surface area contributed by atoms with Crippen molar-refractivity contribution in [3.05, 3.63) is 77.5 Å². The van der Waals surface area contributed by atoms with Crippen molar-refractivity contribution in [1.82, 2.24) is 20.4 Å². The Hall–Kier alpha value is -2.18. The number of benzene rings is 2. The van der Waals surface area contributed by atoms with E-state index in [1.807, 2.05) is 10.7 Å². The highest BCUT2D eigenvalue weighted by molar-refractivity contribution is 5.85. The molecule has 29 heavy (non-hydrogen) atoms. The van der Waals surface area contributed by atoms with Crippen LogP contribution in [0.2, 0.25) is 0 Å². The Morgan fingerprint density at radius 1 is 1.10 bits per heavy atom. The molecule has 0 spiro atoms. The first kappa shape index (κ1) is 21.5. The maximum Gasteiger partial charge on any atom is 0.0968 e. The van der Waals surface area contributed by atoms with Gasteiger partial charge in [-0.3, -0.25) is 4.68 Å². The standard InChI is InChI=1S/C23H28N4O.ClH/c1-17-7-9-19(10-8-17)23-21(13-24-11-20-12-25-14-22(20)28)16-27(26-23)15-18-5-3-2-4-6-18;/h2-10,16,20,22,24-25,28H,11-15H2,1H3;1H. The molecule has 0 radical (unpaired) electrons. The van der Waals surface area contributed by atoms with E-state index in [0.29, 0.717) is 6.54 Å². The predicted molar refractivity (Wildman–Crippen MR) is 119 cm³/mol. The van der Waals surface area contributed by atoms with E-state index in [0.717, 1.165) is 37.4 Å². The van der Waals surface area contributed by atoms with Crippen LogP contribution in [0.15, 0.2) is 60.8 Å². The fourth-order valence-electron chi connectivity index (χ4n) is 3.72. The summed E-state index contributed by atoms with van der Waals surface area (Å²) in [5.41, 5.74) is 5.82. The molecule has 1 aromatic heterocycles. The van der Waals surface area contributed by atoms with E-state index in [9.17, 15) is 5.11 Å². The third kappa shape index (κ3) is 5.46. The van der Waals surface area contributed by atoms with Crippen LogP contribution in [0.3, 0.4) is 0 Å². The molecule has 0 saturated carbocycles. The van der Waals surface area contributed by atoms with Gasteiger partial charge in [-0.25, -0.2) is 0 Å². The maximum absolute atomic E-state index is 9.99. The Morgan fingerprint density at radius 3 is 2.55 bits per heavy atom. The number of halogens is 1. The summed E-state index contributed by atoms with van der Waals surface area (Å²) < 4.78 is 2.02. The molecule has 2 atom stereocenters. The van der Waals surface area contributed by atoms with Crippen LogP contribution in [-0.4, -0.2) is 40.6 Å². The van der Waals surface area contributed by atoms with Gasteiger partial charge >= 0.3 is 0 Å². The molecule has 1 fully saturated rings. The topological polar surface area (TPSA) is 62.1 Å². The molecular weight excluding hydrogens is 384 g/mol. The Morgan fingerprint density at radius 2 is 1.86 bits per heavy atom. The van der Waals surface area contributed by atoms with E-state index in [2.05, 4.69) is 72.3 Å². The number of hydrogen-bond acceptors (Lipinski definition) is 4. The molecule has 0 bridgehead atoms. The van der Waals surface area contributed by atoms with Gasteiger partial charge in [-0.2, -0.15) is 5.10 Å². The first-order valence-corrected chi connectivity index (χ1v) is 9.96. The number of aromatic nitrogens is 2. The molecule has 6 heteroatoms. The minimum absolute atomic E-state index is 0. The Labute approximate surface area is 178 Å². The van der Waals surface area contributed by atoms with Crippen LogP contribution in [0.1, 0.15) is 16.7 Å². The summed E-state index contributed by atoms with van der Waals surface area (Å²) in [7, 11) is 0. The van der Waals surface area contributed by atoms with Crippen molar-refractivity contribution in [2.45, 2.75) is 26.1 Å². The zero-order chi connectivity index (χ0) is 19.3. The zero-order valence-corrected chi connectivity index (χ0v) is 17.5. The maximum atomic E-state index is 9.99. The molecule has 0 aliphatic carbocycles. The number of aliphatic hydroxyl groups excluding tert-OH is 1. The molecule has 0 amide bonds. The van der Waals surface area contributed by atoms with Gasteiger partial charge in [0, 0.05) is 49.4 Å². The van der Waals surface area contributed by atoms with E-state index < -0.39 is 0 Å². The lowest BCUT2D eigenvalue weighted by Gasteiger charge is -2.14. The second-order valence-electron chi connectivity index (χ2n) is 7.67. The highest BCUT2D eigenvalue weighted by Gasteiger charge is 2.24. The Bertz CT molecular complexity index is 895. The SMILES string of the molecule is Cc1ccc(-c2nn(Cc3ccccc3)cc2CNCC2CNCC2O)cc1.Cl. The van der Waals surface area contributed by atoms with E-state index in [1.54, 1.807) is 0 Å². The largest absolute Gasteiger partial charge is 0.391 e. The number of hydrogen-bond donors (Lipinski definition) is 3. The zero-order valence-electron chi connectivity index (χ0n) is 16.7. The minimum Gasteiger partial charge on any atom is -0.391 e. The van der Waals surface area contributed by atoms with Crippen LogP contribution in [0.5, 0.6) is 0 Å². The van der Waals surface area contributed by atoms with Gasteiger partial charge in [-0.15, -0.1) is 12.4 Å². The van der Waals surface area contributed by atoms with Crippen LogP contribution in [-0.2, 0) is 13.1 Å². The van der Waals surface area contributed by atoms with Crippen molar-refractivity contribution in [2.24, 2.45) is 5.92 Å². The molecule has 154 valence electrons. The second-order valence-corrected chi connectivity index (χ2v) is 7.67. The number of nitrogens with zero attached hydrogens (tertiary/aromatic N) is 2. The van der Waals surface area contributed by atoms with Gasteiger partial charge < -0.3 is 15.7 Å². The quantitative estimate of drug-likeness (QED) is 0.558.